The molecule has 2 aromatic rings. The van der Waals surface area contributed by atoms with Crippen molar-refractivity contribution in [3.8, 4) is 12.1 Å². The molecule has 2 bridgehead atoms. The Morgan fingerprint density at radius 3 is 3.03 bits per heavy atom. The third-order valence-electron chi connectivity index (χ3n) is 6.27. The first-order chi connectivity index (χ1) is 14.2. The van der Waals surface area contributed by atoms with E-state index in [0.29, 0.717) is 17.4 Å². The molecule has 3 atom stereocenters. The molecule has 3 aliphatic heterocycles. The monoisotopic (exact) mass is 390 g/mol. The molecule has 2 saturated heterocycles. The van der Waals surface area contributed by atoms with E-state index in [2.05, 4.69) is 21.5 Å². The predicted molar refractivity (Wildman–Crippen MR) is 106 cm³/mol. The zero-order chi connectivity index (χ0) is 20.0. The van der Waals surface area contributed by atoms with E-state index in [0.717, 1.165) is 43.5 Å². The standard InChI is InChI=1S/C21H22N6O2/c1-29-19-6-8-23-21(25-19)26-9-7-13-10-14(2-4-17(13)26)20(28)24-16-11-15-3-5-18(16)27(15)12-22/h2,4,6,8,10,15-16,18H,3,5,7,9,11H2,1H3,(H,24,28). The lowest BCUT2D eigenvalue weighted by atomic mass is 9.95. The highest BCUT2D eigenvalue weighted by atomic mass is 16.5. The fourth-order valence-electron chi connectivity index (χ4n) is 4.88. The highest BCUT2D eigenvalue weighted by Crippen LogP contribution is 2.37. The number of nitrogens with zero attached hydrogens (tertiary/aromatic N) is 5. The number of nitriles is 1. The van der Waals surface area contributed by atoms with Crippen LogP contribution in [0.5, 0.6) is 5.88 Å². The van der Waals surface area contributed by atoms with E-state index in [-0.39, 0.29) is 24.0 Å². The van der Waals surface area contributed by atoms with Gasteiger partial charge in [0.25, 0.3) is 5.91 Å². The van der Waals surface area contributed by atoms with Crippen molar-refractivity contribution in [2.45, 2.75) is 43.8 Å². The van der Waals surface area contributed by atoms with Gasteiger partial charge in [0.2, 0.25) is 11.8 Å². The third kappa shape index (κ3) is 2.94. The Morgan fingerprint density at radius 2 is 2.24 bits per heavy atom. The van der Waals surface area contributed by atoms with E-state index in [4.69, 9.17) is 4.74 Å². The zero-order valence-electron chi connectivity index (χ0n) is 16.2. The molecule has 4 heterocycles. The summed E-state index contributed by atoms with van der Waals surface area (Å²) in [6.45, 7) is 0.761. The molecule has 1 aromatic carbocycles. The second-order valence-electron chi connectivity index (χ2n) is 7.77. The Kier molecular flexibility index (Phi) is 4.23. The topological polar surface area (TPSA) is 94.4 Å². The van der Waals surface area contributed by atoms with Gasteiger partial charge in [-0.25, -0.2) is 4.98 Å². The highest BCUT2D eigenvalue weighted by Gasteiger charge is 2.46. The van der Waals surface area contributed by atoms with Crippen molar-refractivity contribution >= 4 is 17.5 Å². The van der Waals surface area contributed by atoms with Crippen LogP contribution in [0.15, 0.2) is 30.5 Å². The summed E-state index contributed by atoms with van der Waals surface area (Å²) in [7, 11) is 1.58. The van der Waals surface area contributed by atoms with E-state index in [1.54, 1.807) is 19.4 Å². The Balaban J connectivity index is 1.32. The number of amides is 1. The molecule has 1 N–H and O–H groups in total. The number of carbonyl (C=O) groups is 1. The van der Waals surface area contributed by atoms with Crippen LogP contribution in [0, 0.1) is 11.5 Å². The second kappa shape index (κ2) is 6.92. The maximum atomic E-state index is 12.8. The van der Waals surface area contributed by atoms with Crippen LogP contribution in [-0.4, -0.2) is 52.6 Å². The summed E-state index contributed by atoms with van der Waals surface area (Å²) in [6, 6.07) is 7.97. The van der Waals surface area contributed by atoms with Gasteiger partial charge in [-0.1, -0.05) is 0 Å². The van der Waals surface area contributed by atoms with E-state index in [1.807, 2.05) is 28.0 Å². The first-order valence-corrected chi connectivity index (χ1v) is 9.94. The molecule has 3 unspecified atom stereocenters. The summed E-state index contributed by atoms with van der Waals surface area (Å²) in [6.07, 6.45) is 7.67. The van der Waals surface area contributed by atoms with Crippen LogP contribution in [0.4, 0.5) is 11.6 Å². The molecule has 8 nitrogen and oxygen atoms in total. The van der Waals surface area contributed by atoms with Gasteiger partial charge in [-0.2, -0.15) is 10.2 Å². The van der Waals surface area contributed by atoms with Crippen LogP contribution in [-0.2, 0) is 6.42 Å². The number of carbonyl (C=O) groups excluding carboxylic acids is 1. The molecular weight excluding hydrogens is 368 g/mol. The van der Waals surface area contributed by atoms with Crippen LogP contribution in [0.1, 0.15) is 35.2 Å². The molecule has 0 saturated carbocycles. The molecule has 2 fully saturated rings. The normalized spacial score (nSPS) is 24.3. The maximum absolute atomic E-state index is 12.8. The first kappa shape index (κ1) is 17.7. The van der Waals surface area contributed by atoms with Gasteiger partial charge < -0.3 is 19.9 Å². The molecule has 5 rings (SSSR count). The molecule has 1 aromatic heterocycles. The van der Waals surface area contributed by atoms with Crippen molar-refractivity contribution < 1.29 is 9.53 Å². The molecule has 1 amide bonds. The van der Waals surface area contributed by atoms with Crippen molar-refractivity contribution in [2.75, 3.05) is 18.6 Å². The zero-order valence-corrected chi connectivity index (χ0v) is 16.2. The third-order valence-corrected chi connectivity index (χ3v) is 6.27. The van der Waals surface area contributed by atoms with Crippen LogP contribution < -0.4 is 15.0 Å². The number of aromatic nitrogens is 2. The Labute approximate surface area is 169 Å². The average Bonchev–Trinajstić information content (AvgIpc) is 3.45. The molecular formula is C21H22N6O2. The van der Waals surface area contributed by atoms with Crippen molar-refractivity contribution in [2.24, 2.45) is 0 Å². The number of nitrogens with one attached hydrogen (secondary N) is 1. The Hall–Kier alpha value is -3.34. The van der Waals surface area contributed by atoms with Gasteiger partial charge in [-0.3, -0.25) is 4.79 Å². The van der Waals surface area contributed by atoms with Crippen molar-refractivity contribution in [3.05, 3.63) is 41.6 Å². The number of rotatable bonds is 4. The summed E-state index contributed by atoms with van der Waals surface area (Å²) in [4.78, 5) is 25.5. The minimum absolute atomic E-state index is 0.0517. The van der Waals surface area contributed by atoms with Crippen LogP contribution in [0.2, 0.25) is 0 Å². The molecule has 8 heteroatoms. The van der Waals surface area contributed by atoms with Gasteiger partial charge in [0.15, 0.2) is 6.19 Å². The molecule has 0 radical (unpaired) electrons. The lowest BCUT2D eigenvalue weighted by molar-refractivity contribution is 0.0928. The number of hydrogen-bond acceptors (Lipinski definition) is 7. The summed E-state index contributed by atoms with van der Waals surface area (Å²) >= 11 is 0. The lowest BCUT2D eigenvalue weighted by Crippen LogP contribution is -2.43. The Bertz CT molecular complexity index is 1000. The molecule has 0 spiro atoms. The average molecular weight is 390 g/mol. The summed E-state index contributed by atoms with van der Waals surface area (Å²) < 4.78 is 5.20. The van der Waals surface area contributed by atoms with E-state index >= 15 is 0 Å². The van der Waals surface area contributed by atoms with Crippen LogP contribution in [0.25, 0.3) is 0 Å². The van der Waals surface area contributed by atoms with E-state index < -0.39 is 0 Å². The van der Waals surface area contributed by atoms with E-state index in [9.17, 15) is 10.1 Å². The summed E-state index contributed by atoms with van der Waals surface area (Å²) in [5.74, 6) is 1.05. The first-order valence-electron chi connectivity index (χ1n) is 9.94. The number of ether oxygens (including phenoxy) is 1. The fourth-order valence-corrected chi connectivity index (χ4v) is 4.88. The summed E-state index contributed by atoms with van der Waals surface area (Å²) in [5, 5.41) is 12.5. The molecule has 29 heavy (non-hydrogen) atoms. The number of anilines is 2. The largest absolute Gasteiger partial charge is 0.481 e. The molecule has 148 valence electrons. The SMILES string of the molecule is COc1ccnc(N2CCc3cc(C(=O)NC4CC5CCC4N5C#N)ccc32)n1. The number of hydrogen-bond donors (Lipinski definition) is 1. The van der Waals surface area contributed by atoms with Gasteiger partial charge in [-0.15, -0.1) is 0 Å². The van der Waals surface area contributed by atoms with Gasteiger partial charge in [0.05, 0.1) is 19.2 Å². The lowest BCUT2D eigenvalue weighted by Gasteiger charge is -2.22. The van der Waals surface area contributed by atoms with Crippen molar-refractivity contribution in [1.29, 1.82) is 5.26 Å². The fraction of sp³-hybridized carbons (Fsp3) is 0.429. The number of benzene rings is 1. The quantitative estimate of drug-likeness (QED) is 0.798. The molecule has 0 aliphatic carbocycles. The highest BCUT2D eigenvalue weighted by molar-refractivity contribution is 5.95. The number of fused-ring (bicyclic) bond motifs is 3. The predicted octanol–water partition coefficient (Wildman–Crippen LogP) is 2.00. The Morgan fingerprint density at radius 1 is 1.34 bits per heavy atom. The van der Waals surface area contributed by atoms with Crippen molar-refractivity contribution in [3.63, 3.8) is 0 Å². The minimum Gasteiger partial charge on any atom is -0.481 e. The minimum atomic E-state index is -0.0701. The smallest absolute Gasteiger partial charge is 0.251 e. The van der Waals surface area contributed by atoms with Gasteiger partial charge in [0.1, 0.15) is 0 Å². The van der Waals surface area contributed by atoms with E-state index in [1.165, 1.54) is 0 Å². The van der Waals surface area contributed by atoms with Crippen LogP contribution in [0.3, 0.4) is 0 Å². The summed E-state index contributed by atoms with van der Waals surface area (Å²) in [5.41, 5.74) is 2.78. The van der Waals surface area contributed by atoms with Gasteiger partial charge in [-0.05, 0) is 49.4 Å². The van der Waals surface area contributed by atoms with Crippen LogP contribution >= 0.6 is 0 Å². The molecule has 3 aliphatic rings. The van der Waals surface area contributed by atoms with Gasteiger partial charge in [0, 0.05) is 36.1 Å². The van der Waals surface area contributed by atoms with Crippen molar-refractivity contribution in [1.82, 2.24) is 20.2 Å². The number of methoxy groups -OCH3 is 1. The maximum Gasteiger partial charge on any atom is 0.251 e. The second-order valence-corrected chi connectivity index (χ2v) is 7.77. The van der Waals surface area contributed by atoms with Gasteiger partial charge >= 0.3 is 0 Å².